The Labute approximate surface area is 102 Å². The summed E-state index contributed by atoms with van der Waals surface area (Å²) in [6.07, 6.45) is 14.3. The molecule has 2 heteroatoms. The second-order valence-electron chi connectivity index (χ2n) is 4.28. The average molecular weight is 230 g/mol. The van der Waals surface area contributed by atoms with Crippen LogP contribution in [0.1, 0.15) is 32.6 Å². The minimum absolute atomic E-state index is 0.221. The Morgan fingerprint density at radius 3 is 3.12 bits per heavy atom. The molecule has 0 amide bonds. The minimum Gasteiger partial charge on any atom is -0.463 e. The van der Waals surface area contributed by atoms with E-state index in [2.05, 4.69) is 18.2 Å². The zero-order chi connectivity index (χ0) is 12.1. The van der Waals surface area contributed by atoms with E-state index >= 15 is 0 Å². The summed E-state index contributed by atoms with van der Waals surface area (Å²) in [6, 6.07) is 0. The third-order valence-electron chi connectivity index (χ3n) is 3.10. The van der Waals surface area contributed by atoms with E-state index in [1.165, 1.54) is 11.1 Å². The van der Waals surface area contributed by atoms with E-state index in [0.29, 0.717) is 6.61 Å². The fourth-order valence-electron chi connectivity index (χ4n) is 2.34. The molecule has 0 unspecified atom stereocenters. The summed E-state index contributed by atoms with van der Waals surface area (Å²) in [5.74, 6) is -0.221. The van der Waals surface area contributed by atoms with Gasteiger partial charge < -0.3 is 4.74 Å². The number of ether oxygens (including phenoxy) is 1. The molecular weight excluding hydrogens is 212 g/mol. The van der Waals surface area contributed by atoms with Crippen molar-refractivity contribution in [1.29, 1.82) is 0 Å². The van der Waals surface area contributed by atoms with E-state index in [9.17, 15) is 4.79 Å². The maximum atomic E-state index is 11.5. The molecule has 0 saturated heterocycles. The lowest BCUT2D eigenvalue weighted by atomic mass is 9.86. The molecule has 0 aromatic heterocycles. The molecule has 0 heterocycles. The van der Waals surface area contributed by atoms with Crippen LogP contribution in [-0.4, -0.2) is 12.6 Å². The molecule has 0 N–H and O–H groups in total. The maximum absolute atomic E-state index is 11.5. The topological polar surface area (TPSA) is 26.3 Å². The summed E-state index contributed by atoms with van der Waals surface area (Å²) in [7, 11) is 0. The van der Waals surface area contributed by atoms with E-state index in [4.69, 9.17) is 4.74 Å². The summed E-state index contributed by atoms with van der Waals surface area (Å²) in [6.45, 7) is 2.27. The van der Waals surface area contributed by atoms with Crippen LogP contribution < -0.4 is 0 Å². The molecule has 17 heavy (non-hydrogen) atoms. The molecule has 2 aliphatic carbocycles. The molecule has 0 atom stereocenters. The highest BCUT2D eigenvalue weighted by Gasteiger charge is 2.16. The number of allylic oxidation sites excluding steroid dienone is 7. The Morgan fingerprint density at radius 1 is 1.41 bits per heavy atom. The van der Waals surface area contributed by atoms with Crippen LogP contribution in [-0.2, 0) is 9.53 Å². The van der Waals surface area contributed by atoms with Gasteiger partial charge in [-0.2, -0.15) is 0 Å². The third-order valence-corrected chi connectivity index (χ3v) is 3.10. The normalized spacial score (nSPS) is 21.4. The van der Waals surface area contributed by atoms with Crippen molar-refractivity contribution in [2.45, 2.75) is 32.6 Å². The Bertz CT molecular complexity index is 422. The number of esters is 1. The third kappa shape index (κ3) is 2.96. The summed E-state index contributed by atoms with van der Waals surface area (Å²) >= 11 is 0. The number of rotatable bonds is 2. The molecule has 2 rings (SSSR count). The fraction of sp³-hybridized carbons (Fsp3) is 0.400. The fourth-order valence-corrected chi connectivity index (χ4v) is 2.34. The summed E-state index contributed by atoms with van der Waals surface area (Å²) < 4.78 is 4.98. The van der Waals surface area contributed by atoms with Gasteiger partial charge >= 0.3 is 5.97 Å². The van der Waals surface area contributed by atoms with Gasteiger partial charge in [0, 0.05) is 6.08 Å². The van der Waals surface area contributed by atoms with Crippen LogP contribution in [0.5, 0.6) is 0 Å². The van der Waals surface area contributed by atoms with E-state index in [0.717, 1.165) is 31.3 Å². The second kappa shape index (κ2) is 5.67. The lowest BCUT2D eigenvalue weighted by Crippen LogP contribution is -2.06. The Hall–Kier alpha value is -1.57. The molecule has 0 aromatic rings. The van der Waals surface area contributed by atoms with Gasteiger partial charge in [0.2, 0.25) is 0 Å². The second-order valence-corrected chi connectivity index (χ2v) is 4.28. The van der Waals surface area contributed by atoms with Gasteiger partial charge in [-0.15, -0.1) is 0 Å². The van der Waals surface area contributed by atoms with Crippen molar-refractivity contribution < 1.29 is 9.53 Å². The smallest absolute Gasteiger partial charge is 0.331 e. The van der Waals surface area contributed by atoms with Crippen LogP contribution in [0.15, 0.2) is 47.1 Å². The van der Waals surface area contributed by atoms with Crippen LogP contribution in [0.25, 0.3) is 0 Å². The van der Waals surface area contributed by atoms with E-state index in [-0.39, 0.29) is 5.97 Å². The lowest BCUT2D eigenvalue weighted by Gasteiger charge is -2.19. The zero-order valence-corrected chi connectivity index (χ0v) is 10.2. The van der Waals surface area contributed by atoms with E-state index < -0.39 is 0 Å². The Morgan fingerprint density at radius 2 is 2.29 bits per heavy atom. The van der Waals surface area contributed by atoms with Crippen LogP contribution in [0, 0.1) is 0 Å². The van der Waals surface area contributed by atoms with Gasteiger partial charge in [0.1, 0.15) is 0 Å². The molecule has 2 aliphatic rings. The first-order chi connectivity index (χ1) is 8.31. The molecule has 90 valence electrons. The van der Waals surface area contributed by atoms with Crippen LogP contribution in [0.2, 0.25) is 0 Å². The van der Waals surface area contributed by atoms with Gasteiger partial charge in [-0.25, -0.2) is 4.79 Å². The molecule has 0 aliphatic heterocycles. The number of hydrogen-bond acceptors (Lipinski definition) is 2. The van der Waals surface area contributed by atoms with Gasteiger partial charge in [-0.1, -0.05) is 29.9 Å². The molecule has 0 bridgehead atoms. The number of carbonyl (C=O) groups excluding carboxylic acids is 1. The maximum Gasteiger partial charge on any atom is 0.331 e. The predicted octanol–water partition coefficient (Wildman–Crippen LogP) is 3.47. The quantitative estimate of drug-likeness (QED) is 0.536. The Kier molecular flexibility index (Phi) is 3.97. The van der Waals surface area contributed by atoms with Crippen molar-refractivity contribution in [3.8, 4) is 0 Å². The summed E-state index contributed by atoms with van der Waals surface area (Å²) in [5.41, 5.74) is 3.82. The van der Waals surface area contributed by atoms with Crippen molar-refractivity contribution >= 4 is 5.97 Å². The van der Waals surface area contributed by atoms with Gasteiger partial charge in [0.25, 0.3) is 0 Å². The first-order valence-electron chi connectivity index (χ1n) is 6.24. The van der Waals surface area contributed by atoms with Crippen molar-refractivity contribution in [2.75, 3.05) is 6.61 Å². The molecule has 2 nitrogen and oxygen atoms in total. The minimum atomic E-state index is -0.221. The highest BCUT2D eigenvalue weighted by molar-refractivity contribution is 5.84. The van der Waals surface area contributed by atoms with Gasteiger partial charge in [0.15, 0.2) is 0 Å². The van der Waals surface area contributed by atoms with Gasteiger partial charge in [-0.05, 0) is 43.8 Å². The first-order valence-corrected chi connectivity index (χ1v) is 6.24. The summed E-state index contributed by atoms with van der Waals surface area (Å²) in [4.78, 5) is 11.5. The lowest BCUT2D eigenvalue weighted by molar-refractivity contribution is -0.137. The van der Waals surface area contributed by atoms with Crippen LogP contribution in [0.3, 0.4) is 0 Å². The van der Waals surface area contributed by atoms with Gasteiger partial charge in [0.05, 0.1) is 6.61 Å². The Balaban J connectivity index is 2.25. The van der Waals surface area contributed by atoms with Crippen LogP contribution >= 0.6 is 0 Å². The predicted molar refractivity (Wildman–Crippen MR) is 68.5 cm³/mol. The monoisotopic (exact) mass is 230 g/mol. The molecule has 0 radical (unpaired) electrons. The SMILES string of the molecule is CCOC(=O)C=C1CCCC2=C1C=CC=CC2. The highest BCUT2D eigenvalue weighted by atomic mass is 16.5. The molecule has 0 saturated carbocycles. The number of carbonyl (C=O) groups is 1. The zero-order valence-electron chi connectivity index (χ0n) is 10.2. The van der Waals surface area contributed by atoms with E-state index in [1.807, 2.05) is 13.0 Å². The first kappa shape index (κ1) is 11.9. The molecule has 0 fully saturated rings. The summed E-state index contributed by atoms with van der Waals surface area (Å²) in [5, 5.41) is 0. The number of hydrogen-bond donors (Lipinski definition) is 0. The van der Waals surface area contributed by atoms with E-state index in [1.54, 1.807) is 6.08 Å². The average Bonchev–Trinajstić information content (AvgIpc) is 2.55. The van der Waals surface area contributed by atoms with Crippen molar-refractivity contribution in [1.82, 2.24) is 0 Å². The molecule has 0 spiro atoms. The highest BCUT2D eigenvalue weighted by Crippen LogP contribution is 2.33. The standard InChI is InChI=1S/C15H18O2/c1-2-17-15(16)11-13-9-6-8-12-7-4-3-5-10-14(12)13/h3-5,10-11H,2,6-9H2,1H3. The van der Waals surface area contributed by atoms with Crippen molar-refractivity contribution in [3.05, 3.63) is 47.1 Å². The van der Waals surface area contributed by atoms with Crippen LogP contribution in [0.4, 0.5) is 0 Å². The van der Waals surface area contributed by atoms with Crippen molar-refractivity contribution in [2.24, 2.45) is 0 Å². The van der Waals surface area contributed by atoms with Gasteiger partial charge in [-0.3, -0.25) is 0 Å². The van der Waals surface area contributed by atoms with Crippen molar-refractivity contribution in [3.63, 3.8) is 0 Å². The molecule has 0 aromatic carbocycles. The molecular formula is C15H18O2. The largest absolute Gasteiger partial charge is 0.463 e.